The molecule has 4 nitrogen and oxygen atoms in total. The summed E-state index contributed by atoms with van der Waals surface area (Å²) in [7, 11) is 0. The first-order valence-electron chi connectivity index (χ1n) is 9.57. The molecule has 4 heteroatoms. The molecule has 0 amide bonds. The Labute approximate surface area is 161 Å². The number of carbonyl (C=O) groups excluding carboxylic acids is 2. The maximum Gasteiger partial charge on any atom is 0.338 e. The van der Waals surface area contributed by atoms with E-state index in [1.807, 2.05) is 42.5 Å². The highest BCUT2D eigenvalue weighted by Crippen LogP contribution is 2.19. The van der Waals surface area contributed by atoms with Crippen molar-refractivity contribution >= 4 is 22.7 Å². The van der Waals surface area contributed by atoms with Crippen molar-refractivity contribution in [3.05, 3.63) is 60.2 Å². The highest BCUT2D eigenvalue weighted by atomic mass is 16.5. The van der Waals surface area contributed by atoms with Gasteiger partial charge >= 0.3 is 11.9 Å². The van der Waals surface area contributed by atoms with E-state index < -0.39 is 0 Å². The van der Waals surface area contributed by atoms with Crippen LogP contribution in [0.25, 0.3) is 10.8 Å². The van der Waals surface area contributed by atoms with E-state index in [9.17, 15) is 9.59 Å². The maximum atomic E-state index is 12.3. The van der Waals surface area contributed by atoms with Gasteiger partial charge in [-0.15, -0.1) is 0 Å². The Hall–Kier alpha value is -2.62. The van der Waals surface area contributed by atoms with Crippen LogP contribution in [0.5, 0.6) is 0 Å². The van der Waals surface area contributed by atoms with Gasteiger partial charge in [0.15, 0.2) is 0 Å². The number of ether oxygens (including phenoxy) is 2. The number of fused-ring (bicyclic) bond motifs is 1. The van der Waals surface area contributed by atoms with Gasteiger partial charge in [0, 0.05) is 5.57 Å². The third-order valence-corrected chi connectivity index (χ3v) is 4.36. The molecule has 144 valence electrons. The summed E-state index contributed by atoms with van der Waals surface area (Å²) in [6, 6.07) is 13.5. The molecule has 0 heterocycles. The Morgan fingerprint density at radius 1 is 0.815 bits per heavy atom. The van der Waals surface area contributed by atoms with E-state index in [-0.39, 0.29) is 11.9 Å². The first-order chi connectivity index (χ1) is 13.1. The first-order valence-corrected chi connectivity index (χ1v) is 9.57. The molecule has 2 rings (SSSR count). The average molecular weight is 368 g/mol. The fourth-order valence-electron chi connectivity index (χ4n) is 2.85. The molecule has 0 atom stereocenters. The zero-order valence-electron chi connectivity index (χ0n) is 16.0. The molecule has 0 saturated carbocycles. The van der Waals surface area contributed by atoms with Crippen LogP contribution in [0.15, 0.2) is 54.6 Å². The summed E-state index contributed by atoms with van der Waals surface area (Å²) in [5.74, 6) is -0.575. The van der Waals surface area contributed by atoms with Crippen LogP contribution >= 0.6 is 0 Å². The topological polar surface area (TPSA) is 52.6 Å². The van der Waals surface area contributed by atoms with Crippen molar-refractivity contribution in [3.8, 4) is 0 Å². The second-order valence-corrected chi connectivity index (χ2v) is 6.70. The van der Waals surface area contributed by atoms with Gasteiger partial charge in [-0.3, -0.25) is 0 Å². The van der Waals surface area contributed by atoms with Crippen molar-refractivity contribution in [2.75, 3.05) is 13.2 Å². The molecule has 0 aliphatic heterocycles. The van der Waals surface area contributed by atoms with Crippen LogP contribution in [0.1, 0.15) is 55.8 Å². The van der Waals surface area contributed by atoms with Crippen molar-refractivity contribution in [1.29, 1.82) is 0 Å². The minimum atomic E-state index is -0.317. The summed E-state index contributed by atoms with van der Waals surface area (Å²) in [5, 5.41) is 1.97. The number of carbonyl (C=O) groups is 2. The molecule has 0 bridgehead atoms. The first kappa shape index (κ1) is 20.7. The van der Waals surface area contributed by atoms with E-state index in [4.69, 9.17) is 9.47 Å². The monoisotopic (exact) mass is 368 g/mol. The molecule has 0 unspecified atom stereocenters. The lowest BCUT2D eigenvalue weighted by molar-refractivity contribution is -0.139. The molecule has 0 spiro atoms. The largest absolute Gasteiger partial charge is 0.462 e. The molecule has 0 fully saturated rings. The van der Waals surface area contributed by atoms with Gasteiger partial charge in [0.05, 0.1) is 18.8 Å². The highest BCUT2D eigenvalue weighted by Gasteiger charge is 2.10. The Bertz CT molecular complexity index is 774. The van der Waals surface area contributed by atoms with E-state index >= 15 is 0 Å². The van der Waals surface area contributed by atoms with Gasteiger partial charge in [-0.05, 0) is 36.6 Å². The quantitative estimate of drug-likeness (QED) is 0.300. The van der Waals surface area contributed by atoms with Gasteiger partial charge in [-0.25, -0.2) is 9.59 Å². The summed E-state index contributed by atoms with van der Waals surface area (Å²) >= 11 is 0. The van der Waals surface area contributed by atoms with E-state index in [0.717, 1.165) is 49.3 Å². The second-order valence-electron chi connectivity index (χ2n) is 6.70. The van der Waals surface area contributed by atoms with Gasteiger partial charge in [-0.2, -0.15) is 0 Å². The highest BCUT2D eigenvalue weighted by molar-refractivity contribution is 6.04. The summed E-state index contributed by atoms with van der Waals surface area (Å²) in [5.41, 5.74) is 1.06. The summed E-state index contributed by atoms with van der Waals surface area (Å²) in [4.78, 5) is 23.5. The predicted octanol–water partition coefficient (Wildman–Crippen LogP) is 5.46. The summed E-state index contributed by atoms with van der Waals surface area (Å²) < 4.78 is 10.5. The minimum Gasteiger partial charge on any atom is -0.462 e. The number of esters is 2. The number of rotatable bonds is 11. The number of unbranched alkanes of at least 4 members (excludes halogenated alkanes) is 5. The van der Waals surface area contributed by atoms with Crippen molar-refractivity contribution in [2.45, 2.75) is 45.4 Å². The number of hydrogen-bond donors (Lipinski definition) is 0. The van der Waals surface area contributed by atoms with Crippen molar-refractivity contribution < 1.29 is 19.1 Å². The van der Waals surface area contributed by atoms with Gasteiger partial charge < -0.3 is 9.47 Å². The molecule has 0 aromatic heterocycles. The van der Waals surface area contributed by atoms with E-state index in [1.165, 1.54) is 0 Å². The number of hydrogen-bond acceptors (Lipinski definition) is 4. The van der Waals surface area contributed by atoms with Crippen LogP contribution in [-0.2, 0) is 14.3 Å². The van der Waals surface area contributed by atoms with Crippen LogP contribution in [0.4, 0.5) is 0 Å². The molecule has 0 N–H and O–H groups in total. The predicted molar refractivity (Wildman–Crippen MR) is 108 cm³/mol. The Morgan fingerprint density at radius 3 is 2.11 bits per heavy atom. The third kappa shape index (κ3) is 6.89. The lowest BCUT2D eigenvalue weighted by atomic mass is 10.0. The molecule has 0 radical (unpaired) electrons. The average Bonchev–Trinajstić information content (AvgIpc) is 2.68. The molecule has 27 heavy (non-hydrogen) atoms. The van der Waals surface area contributed by atoms with Crippen LogP contribution in [0.2, 0.25) is 0 Å². The molecular formula is C23H28O4. The third-order valence-electron chi connectivity index (χ3n) is 4.36. The van der Waals surface area contributed by atoms with Gasteiger partial charge in [0.1, 0.15) is 0 Å². The van der Waals surface area contributed by atoms with Crippen LogP contribution in [0, 0.1) is 0 Å². The summed E-state index contributed by atoms with van der Waals surface area (Å²) in [6.07, 6.45) is 5.95. The van der Waals surface area contributed by atoms with Gasteiger partial charge in [0.25, 0.3) is 0 Å². The van der Waals surface area contributed by atoms with Crippen LogP contribution in [-0.4, -0.2) is 25.2 Å². The lowest BCUT2D eigenvalue weighted by Gasteiger charge is -2.08. The van der Waals surface area contributed by atoms with E-state index in [0.29, 0.717) is 24.4 Å². The lowest BCUT2D eigenvalue weighted by Crippen LogP contribution is -2.07. The van der Waals surface area contributed by atoms with E-state index in [1.54, 1.807) is 6.92 Å². The SMILES string of the molecule is C=C(C)C(=O)OCCCCCCCCOC(=O)c1cccc2ccccc12. The standard InChI is InChI=1S/C23H28O4/c1-18(2)22(24)26-16-9-5-3-4-6-10-17-27-23(25)21-15-11-13-19-12-7-8-14-20(19)21/h7-8,11-15H,1,3-6,9-10,16-17H2,2H3. The Morgan fingerprint density at radius 2 is 1.41 bits per heavy atom. The number of benzene rings is 2. The van der Waals surface area contributed by atoms with Crippen molar-refractivity contribution in [2.24, 2.45) is 0 Å². The van der Waals surface area contributed by atoms with Crippen LogP contribution in [0.3, 0.4) is 0 Å². The minimum absolute atomic E-state index is 0.258. The Kier molecular flexibility index (Phi) is 8.56. The zero-order chi connectivity index (χ0) is 19.5. The molecule has 2 aromatic rings. The smallest absolute Gasteiger partial charge is 0.338 e. The molecule has 2 aromatic carbocycles. The van der Waals surface area contributed by atoms with Gasteiger partial charge in [0.2, 0.25) is 0 Å². The van der Waals surface area contributed by atoms with Crippen molar-refractivity contribution in [1.82, 2.24) is 0 Å². The maximum absolute atomic E-state index is 12.3. The normalized spacial score (nSPS) is 10.6. The zero-order valence-corrected chi connectivity index (χ0v) is 16.0. The van der Waals surface area contributed by atoms with Crippen molar-refractivity contribution in [3.63, 3.8) is 0 Å². The summed E-state index contributed by atoms with van der Waals surface area (Å²) in [6.45, 7) is 6.09. The van der Waals surface area contributed by atoms with E-state index in [2.05, 4.69) is 6.58 Å². The van der Waals surface area contributed by atoms with Gasteiger partial charge in [-0.1, -0.05) is 68.7 Å². The molecule has 0 aliphatic rings. The molecule has 0 aliphatic carbocycles. The Balaban J connectivity index is 1.56. The molecular weight excluding hydrogens is 340 g/mol. The molecule has 0 saturated heterocycles. The fourth-order valence-corrected chi connectivity index (χ4v) is 2.85. The fraction of sp³-hybridized carbons (Fsp3) is 0.391. The second kappa shape index (κ2) is 11.2. The van der Waals surface area contributed by atoms with Crippen LogP contribution < -0.4 is 0 Å².